The van der Waals surface area contributed by atoms with Crippen molar-refractivity contribution in [3.05, 3.63) is 53.9 Å². The molecule has 4 aromatic rings. The number of nitrogens with two attached hydrogens (primary N) is 1. The van der Waals surface area contributed by atoms with Crippen molar-refractivity contribution in [1.82, 2.24) is 40.1 Å². The molecule has 36 heavy (non-hydrogen) atoms. The van der Waals surface area contributed by atoms with Crippen molar-refractivity contribution in [3.63, 3.8) is 0 Å². The van der Waals surface area contributed by atoms with Gasteiger partial charge in [0.1, 0.15) is 29.7 Å². The number of aliphatic hydroxyl groups is 2. The van der Waals surface area contributed by atoms with Crippen LogP contribution >= 0.6 is 0 Å². The summed E-state index contributed by atoms with van der Waals surface area (Å²) in [4.78, 5) is 25.1. The van der Waals surface area contributed by atoms with Crippen molar-refractivity contribution < 1.29 is 29.6 Å². The molecule has 0 saturated carbocycles. The predicted molar refractivity (Wildman–Crippen MR) is 120 cm³/mol. The van der Waals surface area contributed by atoms with Gasteiger partial charge in [-0.1, -0.05) is 35.5 Å². The highest BCUT2D eigenvalue weighted by Gasteiger charge is 2.50. The van der Waals surface area contributed by atoms with Gasteiger partial charge in [0.15, 0.2) is 17.7 Å². The van der Waals surface area contributed by atoms with Gasteiger partial charge in [0.25, 0.3) is 0 Å². The summed E-state index contributed by atoms with van der Waals surface area (Å²) in [6.45, 7) is 1.24. The van der Waals surface area contributed by atoms with Crippen LogP contribution in [0.2, 0.25) is 0 Å². The number of H-pyrrole nitrogens is 1. The molecule has 1 saturated heterocycles. The molecule has 15 heteroatoms. The van der Waals surface area contributed by atoms with Crippen LogP contribution in [0.4, 0.5) is 5.82 Å². The van der Waals surface area contributed by atoms with Gasteiger partial charge in [-0.2, -0.15) is 5.21 Å². The fourth-order valence-corrected chi connectivity index (χ4v) is 4.20. The average molecular weight is 497 g/mol. The molecule has 0 bridgehead atoms. The zero-order valence-corrected chi connectivity index (χ0v) is 19.0. The third-order valence-electron chi connectivity index (χ3n) is 6.01. The van der Waals surface area contributed by atoms with E-state index in [2.05, 4.69) is 35.6 Å². The Morgan fingerprint density at radius 2 is 2.03 bits per heavy atom. The van der Waals surface area contributed by atoms with E-state index in [1.165, 1.54) is 10.9 Å². The Balaban J connectivity index is 1.42. The lowest BCUT2D eigenvalue weighted by Gasteiger charge is -2.28. The highest BCUT2D eigenvalue weighted by molar-refractivity contribution is 5.81. The number of anilines is 1. The molecule has 0 radical (unpaired) electrons. The Morgan fingerprint density at radius 3 is 2.72 bits per heavy atom. The number of carboxylic acids is 1. The standard InChI is InChI=1S/C21H23N9O6/c1-10-24-16(22)13-17(25-10)30(9-23-13)18-15(32)14(31)12(36-18)8-35-21(20(33)34,19-26-28-29-27-19)7-11-5-3-2-4-6-11/h2-6,9,12,14-15,18,31-32H,7-8H2,1H3,(H,33,34)(H2,22,24,25)(H,26,27,28,29)/t12-,14-,15-,18-,21-/m1/s1. The van der Waals surface area contributed by atoms with Crippen molar-refractivity contribution in [1.29, 1.82) is 0 Å². The average Bonchev–Trinajstić information content (AvgIpc) is 3.59. The number of aliphatic carboxylic acids is 1. The van der Waals surface area contributed by atoms with Crippen molar-refractivity contribution in [2.75, 3.05) is 12.3 Å². The summed E-state index contributed by atoms with van der Waals surface area (Å²) >= 11 is 0. The predicted octanol–water partition coefficient (Wildman–Crippen LogP) is -0.911. The summed E-state index contributed by atoms with van der Waals surface area (Å²) < 4.78 is 13.2. The minimum Gasteiger partial charge on any atom is -0.479 e. The molecular formula is C21H23N9O6. The first-order chi connectivity index (χ1) is 17.3. The van der Waals surface area contributed by atoms with Crippen LogP contribution in [0.25, 0.3) is 11.2 Å². The number of hydrogen-bond donors (Lipinski definition) is 5. The van der Waals surface area contributed by atoms with Crippen molar-refractivity contribution >= 4 is 23.0 Å². The quantitative estimate of drug-likeness (QED) is 0.199. The van der Waals surface area contributed by atoms with Gasteiger partial charge in [-0.15, -0.1) is 10.2 Å². The van der Waals surface area contributed by atoms with E-state index in [9.17, 15) is 20.1 Å². The van der Waals surface area contributed by atoms with Crippen LogP contribution in [0.1, 0.15) is 23.4 Å². The first-order valence-corrected chi connectivity index (χ1v) is 10.9. The summed E-state index contributed by atoms with van der Waals surface area (Å²) in [5.74, 6) is -1.01. The van der Waals surface area contributed by atoms with Gasteiger partial charge in [0.05, 0.1) is 12.9 Å². The van der Waals surface area contributed by atoms with E-state index in [0.29, 0.717) is 22.6 Å². The number of imidazole rings is 1. The highest BCUT2D eigenvalue weighted by Crippen LogP contribution is 2.35. The van der Waals surface area contributed by atoms with Crippen molar-refractivity contribution in [2.24, 2.45) is 0 Å². The minimum absolute atomic E-state index is 0.126. The van der Waals surface area contributed by atoms with Crippen molar-refractivity contribution in [3.8, 4) is 0 Å². The van der Waals surface area contributed by atoms with E-state index in [4.69, 9.17) is 15.2 Å². The fraction of sp³-hybridized carbons (Fsp3) is 0.381. The number of fused-ring (bicyclic) bond motifs is 1. The molecule has 15 nitrogen and oxygen atoms in total. The van der Waals surface area contributed by atoms with Gasteiger partial charge in [0.2, 0.25) is 11.4 Å². The van der Waals surface area contributed by atoms with Gasteiger partial charge in [0, 0.05) is 6.42 Å². The van der Waals surface area contributed by atoms with Crippen LogP contribution in [0.15, 0.2) is 36.7 Å². The number of nitrogen functional groups attached to an aromatic ring is 1. The normalized spacial score (nSPS) is 23.6. The number of carbonyl (C=O) groups is 1. The number of aromatic nitrogens is 8. The van der Waals surface area contributed by atoms with Crippen LogP contribution in [-0.2, 0) is 26.3 Å². The number of carboxylic acid groups (broad SMARTS) is 1. The first kappa shape index (κ1) is 23.7. The molecule has 6 N–H and O–H groups in total. The van der Waals surface area contributed by atoms with Gasteiger partial charge in [-0.3, -0.25) is 4.57 Å². The molecule has 1 fully saturated rings. The van der Waals surface area contributed by atoms with Gasteiger partial charge >= 0.3 is 5.97 Å². The number of nitrogens with zero attached hydrogens (tertiary/aromatic N) is 7. The maximum atomic E-state index is 12.5. The van der Waals surface area contributed by atoms with Crippen molar-refractivity contribution in [2.45, 2.75) is 43.5 Å². The summed E-state index contributed by atoms with van der Waals surface area (Å²) in [7, 11) is 0. The van der Waals surface area contributed by atoms with Gasteiger partial charge in [-0.05, 0) is 12.5 Å². The number of aromatic amines is 1. The lowest BCUT2D eigenvalue weighted by molar-refractivity contribution is -0.177. The second-order valence-electron chi connectivity index (χ2n) is 8.37. The Bertz CT molecular complexity index is 1370. The Kier molecular flexibility index (Phi) is 6.05. The Labute approximate surface area is 202 Å². The van der Waals surface area contributed by atoms with E-state index in [1.54, 1.807) is 37.3 Å². The smallest absolute Gasteiger partial charge is 0.344 e. The maximum Gasteiger partial charge on any atom is 0.344 e. The molecule has 1 aromatic carbocycles. The monoisotopic (exact) mass is 497 g/mol. The zero-order valence-electron chi connectivity index (χ0n) is 19.0. The highest BCUT2D eigenvalue weighted by atomic mass is 16.6. The van der Waals surface area contributed by atoms with E-state index in [-0.39, 0.29) is 18.1 Å². The number of ether oxygens (including phenoxy) is 2. The molecule has 188 valence electrons. The number of rotatable bonds is 8. The Morgan fingerprint density at radius 1 is 1.25 bits per heavy atom. The van der Waals surface area contributed by atoms with Crippen LogP contribution in [0.3, 0.4) is 0 Å². The SMILES string of the molecule is Cc1nc(N)c2ncn([C@@H]3O[C@H](CO[C@@](Cc4ccccc4)(C(=O)O)c4nn[nH]n4)[C@@H](O)[C@H]3O)c2n1. The lowest BCUT2D eigenvalue weighted by atomic mass is 9.93. The maximum absolute atomic E-state index is 12.5. The summed E-state index contributed by atoms with van der Waals surface area (Å²) in [5, 5.41) is 45.1. The molecule has 1 aliphatic heterocycles. The Hall–Kier alpha value is -4.05. The largest absolute Gasteiger partial charge is 0.479 e. The number of hydrogen-bond acceptors (Lipinski definition) is 12. The molecular weight excluding hydrogens is 474 g/mol. The van der Waals surface area contributed by atoms with Gasteiger partial charge < -0.3 is 30.5 Å². The second kappa shape index (κ2) is 9.19. The van der Waals surface area contributed by atoms with E-state index < -0.39 is 42.7 Å². The summed E-state index contributed by atoms with van der Waals surface area (Å²) in [6.07, 6.45) is -3.77. The van der Waals surface area contributed by atoms with Gasteiger partial charge in [-0.25, -0.2) is 19.7 Å². The molecule has 1 aliphatic rings. The second-order valence-corrected chi connectivity index (χ2v) is 8.37. The van der Waals surface area contributed by atoms with E-state index >= 15 is 0 Å². The molecule has 0 aliphatic carbocycles. The summed E-state index contributed by atoms with van der Waals surface area (Å²) in [5.41, 5.74) is 5.15. The number of benzene rings is 1. The number of tetrazole rings is 1. The van der Waals surface area contributed by atoms with Crippen LogP contribution in [0.5, 0.6) is 0 Å². The number of aliphatic hydroxyl groups excluding tert-OH is 2. The van der Waals surface area contributed by atoms with Crippen LogP contribution < -0.4 is 5.73 Å². The topological polar surface area (TPSA) is 220 Å². The summed E-state index contributed by atoms with van der Waals surface area (Å²) in [6, 6.07) is 8.79. The lowest BCUT2D eigenvalue weighted by Crippen LogP contribution is -2.45. The third kappa shape index (κ3) is 4.03. The number of aryl methyl sites for hydroxylation is 1. The van der Waals surface area contributed by atoms with E-state index in [0.717, 1.165) is 0 Å². The molecule has 3 aromatic heterocycles. The third-order valence-corrected chi connectivity index (χ3v) is 6.01. The van der Waals surface area contributed by atoms with Crippen LogP contribution in [-0.4, -0.2) is 86.4 Å². The first-order valence-electron chi connectivity index (χ1n) is 10.9. The molecule has 0 unspecified atom stereocenters. The van der Waals surface area contributed by atoms with Crippen LogP contribution in [0, 0.1) is 6.92 Å². The fourth-order valence-electron chi connectivity index (χ4n) is 4.20. The zero-order chi connectivity index (χ0) is 25.4. The van der Waals surface area contributed by atoms with E-state index in [1.807, 2.05) is 0 Å². The molecule has 4 heterocycles. The molecule has 0 amide bonds. The molecule has 0 spiro atoms. The minimum atomic E-state index is -2.04. The molecule has 5 atom stereocenters. The molecule has 5 rings (SSSR count). The number of nitrogens with one attached hydrogen (secondary N) is 1.